The van der Waals surface area contributed by atoms with E-state index in [2.05, 4.69) is 5.10 Å². The van der Waals surface area contributed by atoms with Gasteiger partial charge in [0.2, 0.25) is 0 Å². The Labute approximate surface area is 189 Å². The molecule has 5 rings (SSSR count). The minimum absolute atomic E-state index is 0.101. The molecule has 0 unspecified atom stereocenters. The summed E-state index contributed by atoms with van der Waals surface area (Å²) >= 11 is 0. The van der Waals surface area contributed by atoms with Crippen LogP contribution < -0.4 is 4.74 Å². The number of hydrogen-bond acceptors (Lipinski definition) is 3. The fourth-order valence-corrected chi connectivity index (χ4v) is 4.04. The maximum absolute atomic E-state index is 13.9. The zero-order chi connectivity index (χ0) is 22.9. The van der Waals surface area contributed by atoms with Gasteiger partial charge in [0, 0.05) is 37.5 Å². The van der Waals surface area contributed by atoms with Crippen LogP contribution in [0.2, 0.25) is 0 Å². The zero-order valence-corrected chi connectivity index (χ0v) is 18.0. The van der Waals surface area contributed by atoms with E-state index in [1.165, 1.54) is 0 Å². The first kappa shape index (κ1) is 20.9. The molecule has 0 saturated carbocycles. The number of aryl methyl sites for hydroxylation is 1. The molecule has 33 heavy (non-hydrogen) atoms. The molecule has 1 amide bonds. The molecule has 0 atom stereocenters. The SMILES string of the molecule is Cn1cc(-c2ccc(CN3Cc4cccc(OCc5cc(F)ccc5F)c4C3=O)cc2)cn1. The summed E-state index contributed by atoms with van der Waals surface area (Å²) in [5.41, 5.74) is 4.52. The minimum Gasteiger partial charge on any atom is -0.488 e. The molecule has 2 heterocycles. The predicted octanol–water partition coefficient (Wildman–Crippen LogP) is 5.10. The third kappa shape index (κ3) is 4.22. The van der Waals surface area contributed by atoms with Crippen molar-refractivity contribution in [2.24, 2.45) is 7.05 Å². The van der Waals surface area contributed by atoms with Crippen molar-refractivity contribution in [2.75, 3.05) is 0 Å². The van der Waals surface area contributed by atoms with Gasteiger partial charge in [0.25, 0.3) is 5.91 Å². The highest BCUT2D eigenvalue weighted by Crippen LogP contribution is 2.33. The Morgan fingerprint density at radius 2 is 1.85 bits per heavy atom. The highest BCUT2D eigenvalue weighted by Gasteiger charge is 2.30. The fraction of sp³-hybridized carbons (Fsp3) is 0.154. The molecular formula is C26H21F2N3O2. The predicted molar refractivity (Wildman–Crippen MR) is 119 cm³/mol. The number of amides is 1. The second-order valence-electron chi connectivity index (χ2n) is 8.08. The molecule has 0 fully saturated rings. The smallest absolute Gasteiger partial charge is 0.258 e. The Balaban J connectivity index is 1.30. The molecule has 166 valence electrons. The van der Waals surface area contributed by atoms with Crippen molar-refractivity contribution in [1.29, 1.82) is 0 Å². The van der Waals surface area contributed by atoms with Gasteiger partial charge in [-0.3, -0.25) is 9.48 Å². The van der Waals surface area contributed by atoms with Gasteiger partial charge in [0.1, 0.15) is 24.0 Å². The van der Waals surface area contributed by atoms with Gasteiger partial charge in [0.05, 0.1) is 11.8 Å². The Morgan fingerprint density at radius 1 is 1.03 bits per heavy atom. The zero-order valence-electron chi connectivity index (χ0n) is 18.0. The number of carbonyl (C=O) groups excluding carboxylic acids is 1. The van der Waals surface area contributed by atoms with Crippen molar-refractivity contribution in [3.8, 4) is 16.9 Å². The summed E-state index contributed by atoms with van der Waals surface area (Å²) in [6.07, 6.45) is 3.76. The van der Waals surface area contributed by atoms with E-state index in [1.807, 2.05) is 49.8 Å². The summed E-state index contributed by atoms with van der Waals surface area (Å²) < 4.78 is 34.9. The van der Waals surface area contributed by atoms with Crippen molar-refractivity contribution in [1.82, 2.24) is 14.7 Å². The van der Waals surface area contributed by atoms with Crippen LogP contribution in [-0.4, -0.2) is 20.6 Å². The second-order valence-corrected chi connectivity index (χ2v) is 8.08. The van der Waals surface area contributed by atoms with Crippen molar-refractivity contribution in [3.05, 3.63) is 107 Å². The summed E-state index contributed by atoms with van der Waals surface area (Å²) in [4.78, 5) is 14.9. The Kier molecular flexibility index (Phi) is 5.38. The molecule has 1 aliphatic rings. The van der Waals surface area contributed by atoms with Crippen molar-refractivity contribution < 1.29 is 18.3 Å². The van der Waals surface area contributed by atoms with Crippen LogP contribution in [0.25, 0.3) is 11.1 Å². The molecule has 1 aliphatic heterocycles. The highest BCUT2D eigenvalue weighted by atomic mass is 19.1. The van der Waals surface area contributed by atoms with E-state index in [0.29, 0.717) is 24.4 Å². The Bertz CT molecular complexity index is 1330. The molecule has 0 spiro atoms. The first-order chi connectivity index (χ1) is 16.0. The number of fused-ring (bicyclic) bond motifs is 1. The Hall–Kier alpha value is -4.00. The van der Waals surface area contributed by atoms with Gasteiger partial charge < -0.3 is 9.64 Å². The number of nitrogens with zero attached hydrogens (tertiary/aromatic N) is 3. The number of aromatic nitrogens is 2. The summed E-state index contributed by atoms with van der Waals surface area (Å²) in [6.45, 7) is 0.756. The van der Waals surface area contributed by atoms with Crippen LogP contribution in [0.4, 0.5) is 8.78 Å². The Morgan fingerprint density at radius 3 is 2.61 bits per heavy atom. The highest BCUT2D eigenvalue weighted by molar-refractivity contribution is 6.01. The summed E-state index contributed by atoms with van der Waals surface area (Å²) in [7, 11) is 1.88. The topological polar surface area (TPSA) is 47.4 Å². The van der Waals surface area contributed by atoms with E-state index in [1.54, 1.807) is 21.7 Å². The third-order valence-corrected chi connectivity index (χ3v) is 5.73. The summed E-state index contributed by atoms with van der Waals surface area (Å²) in [5.74, 6) is -0.857. The van der Waals surface area contributed by atoms with Crippen molar-refractivity contribution >= 4 is 5.91 Å². The van der Waals surface area contributed by atoms with Crippen molar-refractivity contribution in [3.63, 3.8) is 0 Å². The summed E-state index contributed by atoms with van der Waals surface area (Å²) in [5, 5.41) is 4.20. The molecule has 5 nitrogen and oxygen atoms in total. The second kappa shape index (κ2) is 8.50. The van der Waals surface area contributed by atoms with Crippen LogP contribution >= 0.6 is 0 Å². The fourth-order valence-electron chi connectivity index (χ4n) is 4.04. The van der Waals surface area contributed by atoms with Gasteiger partial charge in [-0.1, -0.05) is 36.4 Å². The maximum atomic E-state index is 13.9. The number of benzene rings is 3. The lowest BCUT2D eigenvalue weighted by atomic mass is 10.1. The number of rotatable bonds is 6. The number of carbonyl (C=O) groups is 1. The number of ether oxygens (including phenoxy) is 1. The van der Waals surface area contributed by atoms with Crippen LogP contribution in [-0.2, 0) is 26.7 Å². The average molecular weight is 445 g/mol. The molecule has 0 aliphatic carbocycles. The molecule has 0 radical (unpaired) electrons. The van der Waals surface area contributed by atoms with E-state index in [4.69, 9.17) is 4.74 Å². The van der Waals surface area contributed by atoms with E-state index >= 15 is 0 Å². The molecule has 3 aromatic carbocycles. The van der Waals surface area contributed by atoms with Gasteiger partial charge in [0.15, 0.2) is 0 Å². The van der Waals surface area contributed by atoms with Crippen LogP contribution in [0.15, 0.2) is 73.1 Å². The standard InChI is InChI=1S/C26H21F2N3O2/c1-30-14-21(12-29-30)18-7-5-17(6-8-18)13-31-15-19-3-2-4-24(25(19)26(31)32)33-16-20-11-22(27)9-10-23(20)28/h2-12,14H,13,15-16H2,1H3. The molecule has 7 heteroatoms. The first-order valence-electron chi connectivity index (χ1n) is 10.5. The van der Waals surface area contributed by atoms with Gasteiger partial charge in [-0.2, -0.15) is 5.10 Å². The van der Waals surface area contributed by atoms with Crippen LogP contribution in [0.5, 0.6) is 5.75 Å². The lowest BCUT2D eigenvalue weighted by molar-refractivity contribution is 0.0763. The lowest BCUT2D eigenvalue weighted by Gasteiger charge is -2.16. The maximum Gasteiger partial charge on any atom is 0.258 e. The normalized spacial score (nSPS) is 12.8. The largest absolute Gasteiger partial charge is 0.488 e. The van der Waals surface area contributed by atoms with E-state index in [9.17, 15) is 13.6 Å². The van der Waals surface area contributed by atoms with Crippen LogP contribution in [0, 0.1) is 11.6 Å². The van der Waals surface area contributed by atoms with Gasteiger partial charge in [-0.05, 0) is 41.0 Å². The van der Waals surface area contributed by atoms with Gasteiger partial charge in [-0.15, -0.1) is 0 Å². The van der Waals surface area contributed by atoms with E-state index in [-0.39, 0.29) is 18.1 Å². The van der Waals surface area contributed by atoms with Crippen LogP contribution in [0.1, 0.15) is 27.0 Å². The molecular weight excluding hydrogens is 424 g/mol. The number of hydrogen-bond donors (Lipinski definition) is 0. The monoisotopic (exact) mass is 445 g/mol. The quantitative estimate of drug-likeness (QED) is 0.415. The molecule has 0 saturated heterocycles. The first-order valence-corrected chi connectivity index (χ1v) is 10.5. The minimum atomic E-state index is -0.549. The molecule has 4 aromatic rings. The number of halogens is 2. The van der Waals surface area contributed by atoms with E-state index in [0.717, 1.165) is 40.5 Å². The van der Waals surface area contributed by atoms with Gasteiger partial charge >= 0.3 is 0 Å². The molecule has 1 aromatic heterocycles. The van der Waals surface area contributed by atoms with Crippen LogP contribution in [0.3, 0.4) is 0 Å². The average Bonchev–Trinajstić information content (AvgIpc) is 3.38. The molecule has 0 bridgehead atoms. The van der Waals surface area contributed by atoms with Gasteiger partial charge in [-0.25, -0.2) is 8.78 Å². The third-order valence-electron chi connectivity index (χ3n) is 5.73. The lowest BCUT2D eigenvalue weighted by Crippen LogP contribution is -2.23. The molecule has 0 N–H and O–H groups in total. The summed E-state index contributed by atoms with van der Waals surface area (Å²) in [6, 6.07) is 16.6. The van der Waals surface area contributed by atoms with Crippen molar-refractivity contribution in [2.45, 2.75) is 19.7 Å². The van der Waals surface area contributed by atoms with E-state index < -0.39 is 11.6 Å².